The standard InChI is InChI=1S/C21H28N4O.ClH/c1-15-13-16(2)25(23-15)20-7-5-18(6-8-20)21(26)24-11-9-19(10-12-24)22-14-17-3-4-17;/h5-8,13,17,19,22H,3-4,9-12,14H2,1-2H3;1H. The number of carbonyl (C=O) groups is 1. The summed E-state index contributed by atoms with van der Waals surface area (Å²) in [6, 6.07) is 10.4. The van der Waals surface area contributed by atoms with E-state index < -0.39 is 0 Å². The van der Waals surface area contributed by atoms with E-state index in [0.29, 0.717) is 6.04 Å². The van der Waals surface area contributed by atoms with E-state index in [-0.39, 0.29) is 18.3 Å². The fourth-order valence-electron chi connectivity index (χ4n) is 3.76. The smallest absolute Gasteiger partial charge is 0.253 e. The third-order valence-electron chi connectivity index (χ3n) is 5.54. The van der Waals surface area contributed by atoms with Crippen molar-refractivity contribution < 1.29 is 4.79 Å². The summed E-state index contributed by atoms with van der Waals surface area (Å²) in [4.78, 5) is 14.8. The molecule has 0 radical (unpaired) electrons. The highest BCUT2D eigenvalue weighted by Gasteiger charge is 2.26. The van der Waals surface area contributed by atoms with Crippen molar-refractivity contribution in [3.63, 3.8) is 0 Å². The molecule has 1 aromatic heterocycles. The monoisotopic (exact) mass is 388 g/mol. The first-order valence-corrected chi connectivity index (χ1v) is 9.76. The van der Waals surface area contributed by atoms with Crippen LogP contribution >= 0.6 is 12.4 Å². The van der Waals surface area contributed by atoms with Crippen LogP contribution in [0.1, 0.15) is 47.4 Å². The number of piperidine rings is 1. The molecule has 0 atom stereocenters. The largest absolute Gasteiger partial charge is 0.339 e. The average molecular weight is 389 g/mol. The number of likely N-dealkylation sites (tertiary alicyclic amines) is 1. The van der Waals surface area contributed by atoms with Crippen LogP contribution < -0.4 is 5.32 Å². The Bertz CT molecular complexity index is 774. The zero-order valence-electron chi connectivity index (χ0n) is 16.1. The van der Waals surface area contributed by atoms with Gasteiger partial charge in [-0.15, -0.1) is 12.4 Å². The predicted molar refractivity (Wildman–Crippen MR) is 110 cm³/mol. The number of nitrogens with zero attached hydrogens (tertiary/aromatic N) is 3. The first kappa shape index (κ1) is 19.9. The van der Waals surface area contributed by atoms with E-state index in [4.69, 9.17) is 0 Å². The number of rotatable bonds is 5. The van der Waals surface area contributed by atoms with E-state index >= 15 is 0 Å². The van der Waals surface area contributed by atoms with Crippen LogP contribution in [0.4, 0.5) is 0 Å². The lowest BCUT2D eigenvalue weighted by molar-refractivity contribution is 0.0705. The molecule has 0 bridgehead atoms. The van der Waals surface area contributed by atoms with Crippen molar-refractivity contribution in [2.75, 3.05) is 19.6 Å². The highest BCUT2D eigenvalue weighted by atomic mass is 35.5. The minimum absolute atomic E-state index is 0. The van der Waals surface area contributed by atoms with Gasteiger partial charge in [0.2, 0.25) is 0 Å². The molecule has 27 heavy (non-hydrogen) atoms. The van der Waals surface area contributed by atoms with Gasteiger partial charge in [0.1, 0.15) is 0 Å². The van der Waals surface area contributed by atoms with Gasteiger partial charge in [-0.2, -0.15) is 5.10 Å². The molecule has 1 aliphatic heterocycles. The summed E-state index contributed by atoms with van der Waals surface area (Å²) < 4.78 is 1.92. The highest BCUT2D eigenvalue weighted by molar-refractivity contribution is 5.94. The first-order chi connectivity index (χ1) is 12.6. The van der Waals surface area contributed by atoms with Crippen LogP contribution in [0.5, 0.6) is 0 Å². The fraction of sp³-hybridized carbons (Fsp3) is 0.524. The molecule has 0 unspecified atom stereocenters. The Kier molecular flexibility index (Phi) is 6.22. The molecule has 1 aromatic carbocycles. The number of nitrogens with one attached hydrogen (secondary N) is 1. The van der Waals surface area contributed by atoms with Gasteiger partial charge in [-0.1, -0.05) is 0 Å². The molecular formula is C21H29ClN4O. The summed E-state index contributed by atoms with van der Waals surface area (Å²) in [7, 11) is 0. The van der Waals surface area contributed by atoms with Crippen LogP contribution in [0, 0.1) is 19.8 Å². The number of amides is 1. The van der Waals surface area contributed by atoms with E-state index in [9.17, 15) is 4.79 Å². The summed E-state index contributed by atoms with van der Waals surface area (Å²) in [5, 5.41) is 8.17. The molecule has 1 aliphatic carbocycles. The van der Waals surface area contributed by atoms with Crippen molar-refractivity contribution >= 4 is 18.3 Å². The quantitative estimate of drug-likeness (QED) is 0.852. The Labute approximate surface area is 167 Å². The molecule has 2 fully saturated rings. The molecular weight excluding hydrogens is 360 g/mol. The van der Waals surface area contributed by atoms with E-state index in [1.54, 1.807) is 0 Å². The second kappa shape index (κ2) is 8.44. The molecule has 1 N–H and O–H groups in total. The lowest BCUT2D eigenvalue weighted by atomic mass is 10.0. The maximum Gasteiger partial charge on any atom is 0.253 e. The third-order valence-corrected chi connectivity index (χ3v) is 5.54. The molecule has 2 aromatic rings. The molecule has 6 heteroatoms. The van der Waals surface area contributed by atoms with Gasteiger partial charge in [0.25, 0.3) is 5.91 Å². The number of aromatic nitrogens is 2. The number of benzene rings is 1. The average Bonchev–Trinajstić information content (AvgIpc) is 3.43. The van der Waals surface area contributed by atoms with Crippen molar-refractivity contribution in [1.82, 2.24) is 20.0 Å². The lowest BCUT2D eigenvalue weighted by Gasteiger charge is -2.32. The topological polar surface area (TPSA) is 50.2 Å². The molecule has 5 nitrogen and oxygen atoms in total. The molecule has 1 amide bonds. The van der Waals surface area contributed by atoms with E-state index in [1.807, 2.05) is 47.7 Å². The van der Waals surface area contributed by atoms with E-state index in [1.165, 1.54) is 12.8 Å². The Morgan fingerprint density at radius 3 is 2.33 bits per heavy atom. The zero-order valence-corrected chi connectivity index (χ0v) is 17.0. The number of carbonyl (C=O) groups excluding carboxylic acids is 1. The van der Waals surface area contributed by atoms with Gasteiger partial charge in [-0.3, -0.25) is 4.79 Å². The Balaban J connectivity index is 0.00000210. The van der Waals surface area contributed by atoms with Gasteiger partial charge < -0.3 is 10.2 Å². The van der Waals surface area contributed by atoms with Crippen LogP contribution in [-0.4, -0.2) is 46.3 Å². The molecule has 0 spiro atoms. The van der Waals surface area contributed by atoms with E-state index in [2.05, 4.69) is 16.5 Å². The molecule has 146 valence electrons. The van der Waals surface area contributed by atoms with Crippen LogP contribution in [0.2, 0.25) is 0 Å². The number of hydrogen-bond acceptors (Lipinski definition) is 3. The SMILES string of the molecule is Cc1cc(C)n(-c2ccc(C(=O)N3CCC(NCC4CC4)CC3)cc2)n1.Cl. The van der Waals surface area contributed by atoms with Crippen molar-refractivity contribution in [3.8, 4) is 5.69 Å². The highest BCUT2D eigenvalue weighted by Crippen LogP contribution is 2.28. The predicted octanol–water partition coefficient (Wildman–Crippen LogP) is 3.52. The lowest BCUT2D eigenvalue weighted by Crippen LogP contribution is -2.45. The summed E-state index contributed by atoms with van der Waals surface area (Å²) in [5.74, 6) is 1.06. The van der Waals surface area contributed by atoms with Gasteiger partial charge in [-0.05, 0) is 82.3 Å². The maximum atomic E-state index is 12.8. The minimum Gasteiger partial charge on any atom is -0.339 e. The van der Waals surface area contributed by atoms with E-state index in [0.717, 1.165) is 61.0 Å². The molecule has 1 saturated carbocycles. The van der Waals surface area contributed by atoms with Crippen molar-refractivity contribution in [1.29, 1.82) is 0 Å². The van der Waals surface area contributed by atoms with Gasteiger partial charge in [0.05, 0.1) is 11.4 Å². The maximum absolute atomic E-state index is 12.8. The number of aryl methyl sites for hydroxylation is 2. The third kappa shape index (κ3) is 4.71. The summed E-state index contributed by atoms with van der Waals surface area (Å²) in [6.45, 7) is 6.89. The second-order valence-corrected chi connectivity index (χ2v) is 7.80. The normalized spacial score (nSPS) is 17.6. The first-order valence-electron chi connectivity index (χ1n) is 9.76. The molecule has 1 saturated heterocycles. The van der Waals surface area contributed by atoms with Crippen LogP contribution in [0.25, 0.3) is 5.69 Å². The molecule has 2 heterocycles. The van der Waals surface area contributed by atoms with Crippen LogP contribution in [0.3, 0.4) is 0 Å². The zero-order chi connectivity index (χ0) is 18.1. The minimum atomic E-state index is 0. The summed E-state index contributed by atoms with van der Waals surface area (Å²) >= 11 is 0. The van der Waals surface area contributed by atoms with Gasteiger partial charge in [0, 0.05) is 30.4 Å². The Morgan fingerprint density at radius 2 is 1.78 bits per heavy atom. The van der Waals surface area contributed by atoms with Gasteiger partial charge >= 0.3 is 0 Å². The van der Waals surface area contributed by atoms with Crippen molar-refractivity contribution in [3.05, 3.63) is 47.3 Å². The summed E-state index contributed by atoms with van der Waals surface area (Å²) in [5.41, 5.74) is 3.86. The fourth-order valence-corrected chi connectivity index (χ4v) is 3.76. The van der Waals surface area contributed by atoms with Crippen molar-refractivity contribution in [2.45, 2.75) is 45.6 Å². The van der Waals surface area contributed by atoms with Gasteiger partial charge in [0.15, 0.2) is 0 Å². The van der Waals surface area contributed by atoms with Crippen LogP contribution in [0.15, 0.2) is 30.3 Å². The van der Waals surface area contributed by atoms with Crippen LogP contribution in [-0.2, 0) is 0 Å². The Hall–Kier alpha value is -1.85. The molecule has 4 rings (SSSR count). The Morgan fingerprint density at radius 1 is 1.11 bits per heavy atom. The van der Waals surface area contributed by atoms with Crippen molar-refractivity contribution in [2.24, 2.45) is 5.92 Å². The van der Waals surface area contributed by atoms with Gasteiger partial charge in [-0.25, -0.2) is 4.68 Å². The number of halogens is 1. The number of hydrogen-bond donors (Lipinski definition) is 1. The second-order valence-electron chi connectivity index (χ2n) is 7.80. The molecule has 2 aliphatic rings. The summed E-state index contributed by atoms with van der Waals surface area (Å²) in [6.07, 6.45) is 4.89.